The highest BCUT2D eigenvalue weighted by molar-refractivity contribution is 5.80. The number of allylic oxidation sites excluding steroid dienone is 3. The van der Waals surface area contributed by atoms with E-state index < -0.39 is 5.97 Å². The second-order valence-corrected chi connectivity index (χ2v) is 13.9. The minimum absolute atomic E-state index is 0.0843. The molecular weight excluding hydrogens is 598 g/mol. The van der Waals surface area contributed by atoms with Crippen LogP contribution >= 0.6 is 0 Å². The highest BCUT2D eigenvalue weighted by atomic mass is 16.5. The molecule has 0 saturated heterocycles. The van der Waals surface area contributed by atoms with Crippen molar-refractivity contribution >= 4 is 17.8 Å². The quantitative estimate of drug-likeness (QED) is 0.0388. The van der Waals surface area contributed by atoms with Gasteiger partial charge in [-0.1, -0.05) is 154 Å². The van der Waals surface area contributed by atoms with Crippen LogP contribution in [0.2, 0.25) is 0 Å². The number of unbranched alkanes of at least 4 members (excludes halogenated alkanes) is 24. The maximum absolute atomic E-state index is 12.7. The second kappa shape index (κ2) is 37.7. The molecule has 0 aromatic heterocycles. The lowest BCUT2D eigenvalue weighted by Crippen LogP contribution is -2.28. The summed E-state index contributed by atoms with van der Waals surface area (Å²) in [5.74, 6) is -1.32. The largest absolute Gasteiger partial charge is 0.480 e. The Kier molecular flexibility index (Phi) is 36.0. The number of hydrogen-bond donors (Lipinski definition) is 2. The van der Waals surface area contributed by atoms with Crippen LogP contribution in [0.5, 0.6) is 0 Å². The molecule has 2 N–H and O–H groups in total. The fraction of sp³-hybridized carbons (Fsp3) is 0.833. The number of nitrogens with one attached hydrogen (secondary N) is 1. The van der Waals surface area contributed by atoms with Gasteiger partial charge in [-0.05, 0) is 70.3 Å². The van der Waals surface area contributed by atoms with Crippen molar-refractivity contribution in [2.45, 2.75) is 219 Å². The summed E-state index contributed by atoms with van der Waals surface area (Å²) in [6, 6.07) is 0. The fourth-order valence-corrected chi connectivity index (χ4v) is 6.01. The van der Waals surface area contributed by atoms with Gasteiger partial charge in [-0.15, -0.1) is 0 Å². The number of carbonyl (C=O) groups is 3. The van der Waals surface area contributed by atoms with Gasteiger partial charge in [0.2, 0.25) is 5.91 Å². The lowest BCUT2D eigenvalue weighted by atomic mass is 10.1. The van der Waals surface area contributed by atoms with E-state index in [-0.39, 0.29) is 24.5 Å². The highest BCUT2D eigenvalue weighted by Gasteiger charge is 2.12. The molecule has 0 aliphatic heterocycles. The number of ether oxygens (including phenoxy) is 1. The molecule has 0 saturated carbocycles. The van der Waals surface area contributed by atoms with Crippen molar-refractivity contribution in [1.29, 1.82) is 0 Å². The zero-order valence-corrected chi connectivity index (χ0v) is 31.6. The van der Waals surface area contributed by atoms with Gasteiger partial charge in [-0.25, -0.2) is 0 Å². The Morgan fingerprint density at radius 3 is 1.46 bits per heavy atom. The second-order valence-electron chi connectivity index (χ2n) is 13.9. The monoisotopic (exact) mass is 676 g/mol. The van der Waals surface area contributed by atoms with Crippen LogP contribution in [-0.4, -0.2) is 35.6 Å². The van der Waals surface area contributed by atoms with Crippen molar-refractivity contribution < 1.29 is 24.2 Å². The van der Waals surface area contributed by atoms with E-state index in [0.29, 0.717) is 12.8 Å². The van der Waals surface area contributed by atoms with Crippen LogP contribution in [0.3, 0.4) is 0 Å². The van der Waals surface area contributed by atoms with Crippen LogP contribution in [0, 0.1) is 0 Å². The molecule has 0 spiro atoms. The van der Waals surface area contributed by atoms with Crippen LogP contribution in [0.1, 0.15) is 213 Å². The predicted octanol–water partition coefficient (Wildman–Crippen LogP) is 12.3. The third-order valence-corrected chi connectivity index (χ3v) is 9.08. The zero-order valence-electron chi connectivity index (χ0n) is 31.6. The van der Waals surface area contributed by atoms with Gasteiger partial charge in [0.25, 0.3) is 0 Å². The molecule has 48 heavy (non-hydrogen) atoms. The van der Waals surface area contributed by atoms with Gasteiger partial charge < -0.3 is 15.2 Å². The van der Waals surface area contributed by atoms with E-state index >= 15 is 0 Å². The van der Waals surface area contributed by atoms with Gasteiger partial charge >= 0.3 is 11.9 Å². The number of aliphatic carboxylic acids is 1. The average Bonchev–Trinajstić information content (AvgIpc) is 3.07. The summed E-state index contributed by atoms with van der Waals surface area (Å²) < 4.78 is 5.90. The van der Waals surface area contributed by atoms with E-state index in [0.717, 1.165) is 51.4 Å². The maximum atomic E-state index is 12.7. The molecule has 0 heterocycles. The Morgan fingerprint density at radius 2 is 0.958 bits per heavy atom. The number of carbonyl (C=O) groups excluding carboxylic acids is 2. The number of carboxylic acid groups (broad SMARTS) is 1. The molecule has 0 aliphatic carbocycles. The van der Waals surface area contributed by atoms with E-state index in [2.05, 4.69) is 43.5 Å². The van der Waals surface area contributed by atoms with Crippen molar-refractivity contribution in [3.05, 3.63) is 24.3 Å². The summed E-state index contributed by atoms with van der Waals surface area (Å²) >= 11 is 0. The minimum atomic E-state index is -1.03. The summed E-state index contributed by atoms with van der Waals surface area (Å²) in [6.07, 6.45) is 44.6. The van der Waals surface area contributed by atoms with Crippen LogP contribution in [0.4, 0.5) is 0 Å². The first-order valence-corrected chi connectivity index (χ1v) is 20.5. The van der Waals surface area contributed by atoms with E-state index in [9.17, 15) is 14.4 Å². The van der Waals surface area contributed by atoms with Gasteiger partial charge in [0, 0.05) is 12.8 Å². The van der Waals surface area contributed by atoms with Gasteiger partial charge in [0.1, 0.15) is 12.6 Å². The van der Waals surface area contributed by atoms with E-state index in [4.69, 9.17) is 9.84 Å². The molecule has 0 radical (unpaired) electrons. The summed E-state index contributed by atoms with van der Waals surface area (Å²) in [7, 11) is 0. The summed E-state index contributed by atoms with van der Waals surface area (Å²) in [4.78, 5) is 34.9. The Balaban J connectivity index is 4.09. The molecule has 0 bridgehead atoms. The lowest BCUT2D eigenvalue weighted by Gasteiger charge is -2.15. The average molecular weight is 676 g/mol. The number of rotatable bonds is 37. The van der Waals surface area contributed by atoms with E-state index in [1.54, 1.807) is 0 Å². The molecule has 1 unspecified atom stereocenters. The molecule has 1 amide bonds. The third-order valence-electron chi connectivity index (χ3n) is 9.08. The van der Waals surface area contributed by atoms with Crippen LogP contribution in [0.15, 0.2) is 24.3 Å². The third kappa shape index (κ3) is 36.7. The molecule has 0 rings (SSSR count). The first-order valence-electron chi connectivity index (χ1n) is 20.5. The highest BCUT2D eigenvalue weighted by Crippen LogP contribution is 2.16. The van der Waals surface area contributed by atoms with Crippen LogP contribution in [0.25, 0.3) is 0 Å². The van der Waals surface area contributed by atoms with Gasteiger partial charge in [0.05, 0.1) is 0 Å². The molecular formula is C42H77NO5. The predicted molar refractivity (Wildman–Crippen MR) is 203 cm³/mol. The SMILES string of the molecule is CCCCCCCCC/C=C\CCCCCCCCCC(=O)OC(/C=C\CCCCCCCCC)CCCCCCC(=O)NCC(=O)O. The standard InChI is InChI=1S/C42H77NO5/c1-3-5-7-9-11-13-14-15-16-17-18-19-20-21-23-25-27-33-37-42(47)48-39(34-30-26-24-22-12-10-8-6-4-2)35-31-28-29-32-36-40(44)43-38-41(45)46/h16-17,30,34,39H,3-15,18-29,31-33,35-38H2,1-2H3,(H,43,44)(H,45,46)/b17-16-,34-30-. The van der Waals surface area contributed by atoms with E-state index in [1.807, 2.05) is 0 Å². The van der Waals surface area contributed by atoms with Crippen molar-refractivity contribution in [3.8, 4) is 0 Å². The molecule has 0 fully saturated rings. The Bertz CT molecular complexity index is 793. The number of hydrogen-bond acceptors (Lipinski definition) is 4. The molecule has 0 aromatic carbocycles. The smallest absolute Gasteiger partial charge is 0.322 e. The lowest BCUT2D eigenvalue weighted by molar-refractivity contribution is -0.147. The van der Waals surface area contributed by atoms with Gasteiger partial charge in [-0.3, -0.25) is 14.4 Å². The Hall–Kier alpha value is -2.11. The first kappa shape index (κ1) is 45.9. The Labute approximate surface area is 296 Å². The molecule has 6 nitrogen and oxygen atoms in total. The van der Waals surface area contributed by atoms with Gasteiger partial charge in [-0.2, -0.15) is 0 Å². The van der Waals surface area contributed by atoms with Gasteiger partial charge in [0.15, 0.2) is 0 Å². The van der Waals surface area contributed by atoms with Crippen molar-refractivity contribution in [1.82, 2.24) is 5.32 Å². The van der Waals surface area contributed by atoms with Crippen molar-refractivity contribution in [3.63, 3.8) is 0 Å². The molecule has 0 aromatic rings. The maximum Gasteiger partial charge on any atom is 0.322 e. The number of esters is 1. The summed E-state index contributed by atoms with van der Waals surface area (Å²) in [5, 5.41) is 11.1. The summed E-state index contributed by atoms with van der Waals surface area (Å²) in [5.41, 5.74) is 0. The fourth-order valence-electron chi connectivity index (χ4n) is 6.01. The first-order chi connectivity index (χ1) is 23.5. The van der Waals surface area contributed by atoms with Crippen LogP contribution < -0.4 is 5.32 Å². The van der Waals surface area contributed by atoms with E-state index in [1.165, 1.54) is 135 Å². The topological polar surface area (TPSA) is 92.7 Å². The van der Waals surface area contributed by atoms with Crippen molar-refractivity contribution in [2.24, 2.45) is 0 Å². The van der Waals surface area contributed by atoms with Crippen LogP contribution in [-0.2, 0) is 19.1 Å². The molecule has 280 valence electrons. The number of carboxylic acids is 1. The molecule has 1 atom stereocenters. The summed E-state index contributed by atoms with van der Waals surface area (Å²) in [6.45, 7) is 4.20. The molecule has 6 heteroatoms. The zero-order chi connectivity index (χ0) is 35.2. The normalized spacial score (nSPS) is 12.2. The number of amides is 1. The Morgan fingerprint density at radius 1 is 0.542 bits per heavy atom. The van der Waals surface area contributed by atoms with Crippen molar-refractivity contribution in [2.75, 3.05) is 6.54 Å². The minimum Gasteiger partial charge on any atom is -0.480 e. The molecule has 0 aliphatic rings.